The van der Waals surface area contributed by atoms with Crippen LogP contribution < -0.4 is 5.73 Å². The van der Waals surface area contributed by atoms with E-state index in [1.54, 1.807) is 4.90 Å². The van der Waals surface area contributed by atoms with Gasteiger partial charge in [0.2, 0.25) is 0 Å². The van der Waals surface area contributed by atoms with Gasteiger partial charge in [-0.25, -0.2) is 4.79 Å². The molecule has 1 heterocycles. The Balaban J connectivity index is 0.00000256. The van der Waals surface area contributed by atoms with Crippen LogP contribution in [-0.2, 0) is 4.74 Å². The van der Waals surface area contributed by atoms with Gasteiger partial charge in [-0.15, -0.1) is 12.4 Å². The first-order chi connectivity index (χ1) is 7.12. The van der Waals surface area contributed by atoms with Gasteiger partial charge < -0.3 is 15.4 Å². The molecule has 1 rings (SSSR count). The Labute approximate surface area is 110 Å². The molecule has 0 spiro atoms. The first-order valence-electron chi connectivity index (χ1n) is 5.88. The molecule has 4 nitrogen and oxygen atoms in total. The number of nitrogens with two attached hydrogens (primary N) is 1. The molecule has 0 aromatic carbocycles. The van der Waals surface area contributed by atoms with Gasteiger partial charge in [-0.3, -0.25) is 0 Å². The van der Waals surface area contributed by atoms with Crippen LogP contribution in [0.25, 0.3) is 0 Å². The van der Waals surface area contributed by atoms with E-state index in [1.165, 1.54) is 0 Å². The second kappa shape index (κ2) is 5.44. The second-order valence-electron chi connectivity index (χ2n) is 6.20. The summed E-state index contributed by atoms with van der Waals surface area (Å²) in [4.78, 5) is 13.8. The van der Waals surface area contributed by atoms with Crippen LogP contribution in [-0.4, -0.2) is 34.7 Å². The van der Waals surface area contributed by atoms with Crippen molar-refractivity contribution in [1.82, 2.24) is 4.90 Å². The van der Waals surface area contributed by atoms with Crippen LogP contribution >= 0.6 is 12.4 Å². The van der Waals surface area contributed by atoms with Gasteiger partial charge in [-0.05, 0) is 47.5 Å². The lowest BCUT2D eigenvalue weighted by Crippen LogP contribution is -2.56. The molecule has 1 atom stereocenters. The van der Waals surface area contributed by atoms with Crippen molar-refractivity contribution in [3.63, 3.8) is 0 Å². The van der Waals surface area contributed by atoms with Crippen molar-refractivity contribution in [3.05, 3.63) is 0 Å². The lowest BCUT2D eigenvalue weighted by Gasteiger charge is -2.44. The highest BCUT2D eigenvalue weighted by molar-refractivity contribution is 5.85. The van der Waals surface area contributed by atoms with Crippen molar-refractivity contribution in [3.8, 4) is 0 Å². The van der Waals surface area contributed by atoms with E-state index in [1.807, 2.05) is 34.6 Å². The number of likely N-dealkylation sites (tertiary alicyclic amines) is 1. The minimum Gasteiger partial charge on any atom is -0.444 e. The predicted octanol–water partition coefficient (Wildman–Crippen LogP) is 2.55. The Hall–Kier alpha value is -0.480. The lowest BCUT2D eigenvalue weighted by molar-refractivity contribution is -0.00880. The van der Waals surface area contributed by atoms with Crippen LogP contribution in [0.5, 0.6) is 0 Å². The van der Waals surface area contributed by atoms with Crippen molar-refractivity contribution in [2.45, 2.75) is 64.6 Å². The van der Waals surface area contributed by atoms with Crippen molar-refractivity contribution >= 4 is 18.5 Å². The number of hydrogen-bond acceptors (Lipinski definition) is 3. The summed E-state index contributed by atoms with van der Waals surface area (Å²) in [6, 6.07) is 0.189. The number of piperidine rings is 1. The van der Waals surface area contributed by atoms with Gasteiger partial charge in [0.25, 0.3) is 0 Å². The number of nitrogens with zero attached hydrogens (tertiary/aromatic N) is 1. The van der Waals surface area contributed by atoms with Gasteiger partial charge in [0.1, 0.15) is 5.60 Å². The van der Waals surface area contributed by atoms with E-state index < -0.39 is 5.60 Å². The molecule has 1 aliphatic rings. The quantitative estimate of drug-likeness (QED) is 0.732. The number of rotatable bonds is 0. The fraction of sp³-hybridized carbons (Fsp3) is 0.917. The Morgan fingerprint density at radius 1 is 1.41 bits per heavy atom. The van der Waals surface area contributed by atoms with E-state index in [4.69, 9.17) is 10.5 Å². The van der Waals surface area contributed by atoms with Gasteiger partial charge in [-0.2, -0.15) is 0 Å². The van der Waals surface area contributed by atoms with E-state index in [9.17, 15) is 4.79 Å². The number of halogens is 1. The third-order valence-electron chi connectivity index (χ3n) is 2.83. The van der Waals surface area contributed by atoms with Crippen molar-refractivity contribution in [2.75, 3.05) is 6.54 Å². The number of ether oxygens (including phenoxy) is 1. The van der Waals surface area contributed by atoms with Gasteiger partial charge in [-0.1, -0.05) is 0 Å². The predicted molar refractivity (Wildman–Crippen MR) is 71.5 cm³/mol. The van der Waals surface area contributed by atoms with Crippen LogP contribution in [0.3, 0.4) is 0 Å². The molecule has 102 valence electrons. The largest absolute Gasteiger partial charge is 0.444 e. The molecule has 0 saturated carbocycles. The molecule has 0 aliphatic carbocycles. The van der Waals surface area contributed by atoms with Crippen LogP contribution in [0.15, 0.2) is 0 Å². The molecule has 17 heavy (non-hydrogen) atoms. The molecular formula is C12H25ClN2O2. The fourth-order valence-corrected chi connectivity index (χ4v) is 2.11. The molecule has 1 fully saturated rings. The smallest absolute Gasteiger partial charge is 0.410 e. The Bertz CT molecular complexity index is 274. The van der Waals surface area contributed by atoms with Gasteiger partial charge in [0.15, 0.2) is 0 Å². The molecule has 5 heteroatoms. The molecule has 1 amide bonds. The SMILES string of the molecule is CC(C)(C)OC(=O)N1CCC(N)CC1(C)C.Cl. The zero-order valence-corrected chi connectivity index (χ0v) is 12.3. The average molecular weight is 265 g/mol. The normalized spacial score (nSPS) is 23.9. The van der Waals surface area contributed by atoms with Gasteiger partial charge in [0.05, 0.1) is 0 Å². The summed E-state index contributed by atoms with van der Waals surface area (Å²) >= 11 is 0. The summed E-state index contributed by atoms with van der Waals surface area (Å²) in [7, 11) is 0. The zero-order chi connectivity index (χ0) is 12.6. The van der Waals surface area contributed by atoms with Gasteiger partial charge in [0, 0.05) is 18.1 Å². The highest BCUT2D eigenvalue weighted by atomic mass is 35.5. The number of hydrogen-bond donors (Lipinski definition) is 1. The fourth-order valence-electron chi connectivity index (χ4n) is 2.11. The Morgan fingerprint density at radius 2 is 1.94 bits per heavy atom. The Kier molecular flexibility index (Phi) is 5.29. The maximum Gasteiger partial charge on any atom is 0.410 e. The van der Waals surface area contributed by atoms with Gasteiger partial charge >= 0.3 is 6.09 Å². The summed E-state index contributed by atoms with van der Waals surface area (Å²) in [5.41, 5.74) is 5.28. The maximum absolute atomic E-state index is 12.0. The molecule has 1 saturated heterocycles. The molecular weight excluding hydrogens is 240 g/mol. The van der Waals surface area contributed by atoms with Crippen molar-refractivity contribution in [1.29, 1.82) is 0 Å². The number of carbonyl (C=O) groups is 1. The van der Waals surface area contributed by atoms with Crippen LogP contribution in [0.4, 0.5) is 4.79 Å². The summed E-state index contributed by atoms with van der Waals surface area (Å²) in [5, 5.41) is 0. The molecule has 1 aliphatic heterocycles. The van der Waals surface area contributed by atoms with E-state index in [-0.39, 0.29) is 30.1 Å². The highest BCUT2D eigenvalue weighted by Gasteiger charge is 2.38. The number of amides is 1. The number of carbonyl (C=O) groups excluding carboxylic acids is 1. The average Bonchev–Trinajstić information content (AvgIpc) is 1.97. The van der Waals surface area contributed by atoms with Crippen molar-refractivity contribution < 1.29 is 9.53 Å². The highest BCUT2D eigenvalue weighted by Crippen LogP contribution is 2.28. The van der Waals surface area contributed by atoms with E-state index >= 15 is 0 Å². The molecule has 0 radical (unpaired) electrons. The molecule has 0 aromatic rings. The molecule has 0 aromatic heterocycles. The summed E-state index contributed by atoms with van der Waals surface area (Å²) in [6.07, 6.45) is 1.44. The standard InChI is InChI=1S/C12H24N2O2.ClH/c1-11(2,3)16-10(15)14-7-6-9(13)8-12(14,4)5;/h9H,6-8,13H2,1-5H3;1H. The summed E-state index contributed by atoms with van der Waals surface area (Å²) in [6.45, 7) is 10.4. The van der Waals surface area contributed by atoms with Crippen LogP contribution in [0, 0.1) is 0 Å². The zero-order valence-electron chi connectivity index (χ0n) is 11.4. The first kappa shape index (κ1) is 16.5. The van der Waals surface area contributed by atoms with E-state index in [2.05, 4.69) is 0 Å². The molecule has 1 unspecified atom stereocenters. The minimum atomic E-state index is -0.438. The lowest BCUT2D eigenvalue weighted by atomic mass is 9.88. The third kappa shape index (κ3) is 4.72. The monoisotopic (exact) mass is 264 g/mol. The molecule has 2 N–H and O–H groups in total. The van der Waals surface area contributed by atoms with E-state index in [0.29, 0.717) is 6.54 Å². The van der Waals surface area contributed by atoms with Crippen LogP contribution in [0.2, 0.25) is 0 Å². The van der Waals surface area contributed by atoms with Crippen molar-refractivity contribution in [2.24, 2.45) is 5.73 Å². The topological polar surface area (TPSA) is 55.6 Å². The summed E-state index contributed by atoms with van der Waals surface area (Å²) in [5.74, 6) is 0. The Morgan fingerprint density at radius 3 is 2.35 bits per heavy atom. The molecule has 0 bridgehead atoms. The summed E-state index contributed by atoms with van der Waals surface area (Å²) < 4.78 is 5.39. The second-order valence-corrected chi connectivity index (χ2v) is 6.20. The first-order valence-corrected chi connectivity index (χ1v) is 5.88. The minimum absolute atomic E-state index is 0. The van der Waals surface area contributed by atoms with E-state index in [0.717, 1.165) is 12.8 Å². The maximum atomic E-state index is 12.0. The third-order valence-corrected chi connectivity index (χ3v) is 2.83. The van der Waals surface area contributed by atoms with Crippen LogP contribution in [0.1, 0.15) is 47.5 Å².